The van der Waals surface area contributed by atoms with Gasteiger partial charge in [0, 0.05) is 30.8 Å². The second-order valence-corrected chi connectivity index (χ2v) is 5.34. The van der Waals surface area contributed by atoms with Gasteiger partial charge in [-0.2, -0.15) is 5.10 Å². The number of amides is 1. The lowest BCUT2D eigenvalue weighted by atomic mass is 10.1. The van der Waals surface area contributed by atoms with Crippen molar-refractivity contribution in [3.8, 4) is 0 Å². The Kier molecular flexibility index (Phi) is 3.12. The molecule has 2 aromatic heterocycles. The molecule has 0 radical (unpaired) electrons. The van der Waals surface area contributed by atoms with E-state index in [9.17, 15) is 4.79 Å². The summed E-state index contributed by atoms with van der Waals surface area (Å²) in [5, 5.41) is 13.2. The van der Waals surface area contributed by atoms with Crippen LogP contribution in [0.4, 0.5) is 0 Å². The van der Waals surface area contributed by atoms with Crippen molar-refractivity contribution in [1.82, 2.24) is 30.8 Å². The number of nitrogens with zero attached hydrogens (tertiary/aromatic N) is 2. The Morgan fingerprint density at radius 3 is 3.14 bits per heavy atom. The Bertz CT molecular complexity index is 801. The summed E-state index contributed by atoms with van der Waals surface area (Å²) in [4.78, 5) is 19.9. The van der Waals surface area contributed by atoms with E-state index < -0.39 is 0 Å². The summed E-state index contributed by atoms with van der Waals surface area (Å²) in [6.07, 6.45) is 0.874. The molecule has 22 heavy (non-hydrogen) atoms. The lowest BCUT2D eigenvalue weighted by Gasteiger charge is -2.12. The van der Waals surface area contributed by atoms with Gasteiger partial charge < -0.3 is 15.6 Å². The maximum atomic E-state index is 12.3. The van der Waals surface area contributed by atoms with Gasteiger partial charge in [0.2, 0.25) is 0 Å². The minimum atomic E-state index is -0.179. The molecule has 1 aromatic carbocycles. The van der Waals surface area contributed by atoms with Crippen molar-refractivity contribution in [2.75, 3.05) is 6.54 Å². The number of benzene rings is 1. The zero-order valence-electron chi connectivity index (χ0n) is 11.9. The fraction of sp³-hybridized carbons (Fsp3) is 0.267. The third-order valence-corrected chi connectivity index (χ3v) is 3.88. The molecule has 0 bridgehead atoms. The number of hydrogen-bond donors (Lipinski definition) is 4. The highest BCUT2D eigenvalue weighted by atomic mass is 16.1. The zero-order valence-corrected chi connectivity index (χ0v) is 11.9. The van der Waals surface area contributed by atoms with Crippen molar-refractivity contribution in [2.24, 2.45) is 0 Å². The Labute approximate surface area is 126 Å². The molecule has 3 aromatic rings. The van der Waals surface area contributed by atoms with Gasteiger partial charge in [-0.25, -0.2) is 4.98 Å². The van der Waals surface area contributed by atoms with Crippen LogP contribution >= 0.6 is 0 Å². The van der Waals surface area contributed by atoms with Crippen LogP contribution in [0.15, 0.2) is 24.3 Å². The lowest BCUT2D eigenvalue weighted by molar-refractivity contribution is 0.0944. The molecule has 0 saturated heterocycles. The summed E-state index contributed by atoms with van der Waals surface area (Å²) in [6.45, 7) is 1.94. The van der Waals surface area contributed by atoms with Gasteiger partial charge >= 0.3 is 0 Å². The van der Waals surface area contributed by atoms with Gasteiger partial charge in [0.15, 0.2) is 5.69 Å². The van der Waals surface area contributed by atoms with Gasteiger partial charge in [-0.3, -0.25) is 9.89 Å². The van der Waals surface area contributed by atoms with Crippen LogP contribution in [0.5, 0.6) is 0 Å². The van der Waals surface area contributed by atoms with Crippen molar-refractivity contribution >= 4 is 16.9 Å². The fourth-order valence-electron chi connectivity index (χ4n) is 2.75. The van der Waals surface area contributed by atoms with Crippen molar-refractivity contribution in [2.45, 2.75) is 19.5 Å². The minimum Gasteiger partial charge on any atom is -0.343 e. The molecule has 0 spiro atoms. The van der Waals surface area contributed by atoms with Crippen LogP contribution < -0.4 is 10.6 Å². The van der Waals surface area contributed by atoms with Crippen LogP contribution in [0.1, 0.15) is 27.6 Å². The zero-order chi connectivity index (χ0) is 14.9. The van der Waals surface area contributed by atoms with Crippen molar-refractivity contribution < 1.29 is 4.79 Å². The molecule has 7 nitrogen and oxygen atoms in total. The summed E-state index contributed by atoms with van der Waals surface area (Å²) in [6, 6.07) is 7.79. The molecule has 0 unspecified atom stereocenters. The number of fused-ring (bicyclic) bond motifs is 2. The first-order valence-electron chi connectivity index (χ1n) is 7.30. The third-order valence-electron chi connectivity index (χ3n) is 3.88. The molecular weight excluding hydrogens is 280 g/mol. The maximum absolute atomic E-state index is 12.3. The summed E-state index contributed by atoms with van der Waals surface area (Å²) in [5.74, 6) is 0.554. The number of carbonyl (C=O) groups is 1. The van der Waals surface area contributed by atoms with Gasteiger partial charge in [0.1, 0.15) is 5.82 Å². The molecule has 1 amide bonds. The van der Waals surface area contributed by atoms with Gasteiger partial charge in [-0.1, -0.05) is 12.1 Å². The van der Waals surface area contributed by atoms with E-state index in [1.165, 1.54) is 0 Å². The predicted octanol–water partition coefficient (Wildman–Crippen LogP) is 0.862. The number of rotatable bonds is 3. The van der Waals surface area contributed by atoms with Crippen LogP contribution in [-0.2, 0) is 19.5 Å². The first-order chi connectivity index (χ1) is 10.8. The second-order valence-electron chi connectivity index (χ2n) is 5.34. The van der Waals surface area contributed by atoms with E-state index in [4.69, 9.17) is 0 Å². The number of para-hydroxylation sites is 2. The molecule has 0 saturated carbocycles. The van der Waals surface area contributed by atoms with Crippen LogP contribution in [0, 0.1) is 0 Å². The molecule has 0 aliphatic carbocycles. The topological polar surface area (TPSA) is 98.5 Å². The van der Waals surface area contributed by atoms with E-state index in [0.717, 1.165) is 41.1 Å². The van der Waals surface area contributed by atoms with E-state index in [0.29, 0.717) is 18.8 Å². The Morgan fingerprint density at radius 2 is 2.23 bits per heavy atom. The monoisotopic (exact) mass is 296 g/mol. The first-order valence-corrected chi connectivity index (χ1v) is 7.30. The van der Waals surface area contributed by atoms with Crippen LogP contribution in [0.25, 0.3) is 11.0 Å². The number of aromatic amines is 2. The number of H-pyrrole nitrogens is 2. The lowest BCUT2D eigenvalue weighted by Crippen LogP contribution is -2.28. The first kappa shape index (κ1) is 13.0. The van der Waals surface area contributed by atoms with Gasteiger partial charge in [-0.05, 0) is 12.1 Å². The number of hydrogen-bond acceptors (Lipinski definition) is 4. The van der Waals surface area contributed by atoms with Gasteiger partial charge in [0.05, 0.1) is 17.6 Å². The molecule has 0 fully saturated rings. The summed E-state index contributed by atoms with van der Waals surface area (Å²) in [7, 11) is 0. The molecule has 112 valence electrons. The highest BCUT2D eigenvalue weighted by Gasteiger charge is 2.21. The van der Waals surface area contributed by atoms with Crippen molar-refractivity contribution in [3.63, 3.8) is 0 Å². The van der Waals surface area contributed by atoms with Crippen molar-refractivity contribution in [3.05, 3.63) is 47.0 Å². The molecule has 7 heteroatoms. The summed E-state index contributed by atoms with van der Waals surface area (Å²) < 4.78 is 0. The molecule has 0 atom stereocenters. The highest BCUT2D eigenvalue weighted by molar-refractivity contribution is 5.94. The van der Waals surface area contributed by atoms with E-state index >= 15 is 0 Å². The SMILES string of the molecule is O=C(NCc1nc2ccccc2[nH]1)c1n[nH]c2c1CNCC2. The third kappa shape index (κ3) is 2.25. The standard InChI is InChI=1S/C15H16N6O/c22-15(14-9-7-16-6-5-10(9)20-21-14)17-8-13-18-11-3-1-2-4-12(11)19-13/h1-4,16H,5-8H2,(H,17,22)(H,18,19)(H,20,21). The van der Waals surface area contributed by atoms with Gasteiger partial charge in [-0.15, -0.1) is 0 Å². The normalized spacial score (nSPS) is 14.0. The van der Waals surface area contributed by atoms with Crippen LogP contribution in [0.3, 0.4) is 0 Å². The average molecular weight is 296 g/mol. The van der Waals surface area contributed by atoms with E-state index in [1.54, 1.807) is 0 Å². The molecule has 1 aliphatic heterocycles. The minimum absolute atomic E-state index is 0.179. The number of imidazole rings is 1. The molecular formula is C15H16N6O. The predicted molar refractivity (Wildman–Crippen MR) is 81.3 cm³/mol. The molecule has 4 N–H and O–H groups in total. The Hall–Kier alpha value is -2.67. The maximum Gasteiger partial charge on any atom is 0.272 e. The van der Waals surface area contributed by atoms with Crippen LogP contribution in [-0.4, -0.2) is 32.6 Å². The molecule has 1 aliphatic rings. The number of carbonyl (C=O) groups excluding carboxylic acids is 1. The van der Waals surface area contributed by atoms with Crippen molar-refractivity contribution in [1.29, 1.82) is 0 Å². The van der Waals surface area contributed by atoms with Crippen LogP contribution in [0.2, 0.25) is 0 Å². The Morgan fingerprint density at radius 1 is 1.32 bits per heavy atom. The van der Waals surface area contributed by atoms with E-state index in [2.05, 4.69) is 30.8 Å². The smallest absolute Gasteiger partial charge is 0.272 e. The second kappa shape index (κ2) is 5.27. The quantitative estimate of drug-likeness (QED) is 0.576. The average Bonchev–Trinajstić information content (AvgIpc) is 3.16. The summed E-state index contributed by atoms with van der Waals surface area (Å²) >= 11 is 0. The fourth-order valence-corrected chi connectivity index (χ4v) is 2.75. The molecule has 3 heterocycles. The van der Waals surface area contributed by atoms with Gasteiger partial charge in [0.25, 0.3) is 5.91 Å². The van der Waals surface area contributed by atoms with E-state index in [1.807, 2.05) is 24.3 Å². The summed E-state index contributed by atoms with van der Waals surface area (Å²) in [5.41, 5.74) is 4.35. The number of nitrogens with one attached hydrogen (secondary N) is 4. The number of aromatic nitrogens is 4. The highest BCUT2D eigenvalue weighted by Crippen LogP contribution is 2.15. The molecule has 4 rings (SSSR count). The Balaban J connectivity index is 1.49. The van der Waals surface area contributed by atoms with E-state index in [-0.39, 0.29) is 5.91 Å². The largest absolute Gasteiger partial charge is 0.343 e.